The molecule has 0 aromatic carbocycles. The molecule has 1 N–H and O–H groups in total. The van der Waals surface area contributed by atoms with Crippen LogP contribution in [0.1, 0.15) is 168 Å². The van der Waals surface area contributed by atoms with Gasteiger partial charge in [0.2, 0.25) is 0 Å². The quantitative estimate of drug-likeness (QED) is 0.0212. The summed E-state index contributed by atoms with van der Waals surface area (Å²) < 4.78 is 34.3. The molecule has 0 saturated carbocycles. The number of carbonyl (C=O) groups excluding carboxylic acids is 2. The molecule has 0 fully saturated rings. The van der Waals surface area contributed by atoms with Crippen molar-refractivity contribution in [2.75, 3.05) is 47.5 Å². The second kappa shape index (κ2) is 44.9. The van der Waals surface area contributed by atoms with E-state index in [4.69, 9.17) is 18.5 Å². The fraction of sp³-hybridized carbons (Fsp3) is 0.630. The number of allylic oxidation sites excluding steroid dienone is 18. The highest BCUT2D eigenvalue weighted by molar-refractivity contribution is 7.47. The van der Waals surface area contributed by atoms with E-state index in [0.717, 1.165) is 77.0 Å². The number of ether oxygens (including phenoxy) is 2. The van der Waals surface area contributed by atoms with Crippen molar-refractivity contribution in [1.29, 1.82) is 0 Å². The molecule has 0 aliphatic heterocycles. The lowest BCUT2D eigenvalue weighted by molar-refractivity contribution is -0.870. The first-order chi connectivity index (χ1) is 31.0. The van der Waals surface area contributed by atoms with Crippen molar-refractivity contribution in [1.82, 2.24) is 0 Å². The molecule has 0 spiro atoms. The van der Waals surface area contributed by atoms with Gasteiger partial charge in [0.15, 0.2) is 6.10 Å². The average molecular weight is 913 g/mol. The summed E-state index contributed by atoms with van der Waals surface area (Å²) in [5.41, 5.74) is 0. The highest BCUT2D eigenvalue weighted by Crippen LogP contribution is 2.43. The molecule has 0 saturated heterocycles. The molecule has 9 nitrogen and oxygen atoms in total. The van der Waals surface area contributed by atoms with Crippen LogP contribution < -0.4 is 0 Å². The summed E-state index contributed by atoms with van der Waals surface area (Å²) >= 11 is 0. The van der Waals surface area contributed by atoms with Gasteiger partial charge >= 0.3 is 19.8 Å². The Bertz CT molecular complexity index is 1450. The number of nitrogens with zero attached hydrogens (tertiary/aromatic N) is 1. The molecular formula is C54H91NO8P+. The summed E-state index contributed by atoms with van der Waals surface area (Å²) in [4.78, 5) is 35.5. The molecule has 2 atom stereocenters. The van der Waals surface area contributed by atoms with Crippen LogP contribution in [0, 0.1) is 0 Å². The number of likely N-dealkylation sites (N-methyl/N-ethyl adjacent to an activating group) is 1. The van der Waals surface area contributed by atoms with Crippen molar-refractivity contribution in [2.24, 2.45) is 0 Å². The van der Waals surface area contributed by atoms with Crippen LogP contribution in [0.25, 0.3) is 0 Å². The third kappa shape index (κ3) is 48.1. The molecular weight excluding hydrogens is 822 g/mol. The summed E-state index contributed by atoms with van der Waals surface area (Å²) in [6.45, 7) is 4.18. The molecule has 0 aromatic rings. The van der Waals surface area contributed by atoms with Crippen molar-refractivity contribution in [3.63, 3.8) is 0 Å². The van der Waals surface area contributed by atoms with E-state index in [2.05, 4.69) is 123 Å². The number of quaternary nitrogens is 1. The smallest absolute Gasteiger partial charge is 0.462 e. The van der Waals surface area contributed by atoms with E-state index >= 15 is 0 Å². The van der Waals surface area contributed by atoms with Gasteiger partial charge in [-0.1, -0.05) is 168 Å². The minimum atomic E-state index is -4.41. The van der Waals surface area contributed by atoms with Crippen molar-refractivity contribution in [2.45, 2.75) is 174 Å². The molecule has 64 heavy (non-hydrogen) atoms. The first-order valence-corrected chi connectivity index (χ1v) is 26.1. The van der Waals surface area contributed by atoms with Crippen LogP contribution in [-0.4, -0.2) is 74.9 Å². The van der Waals surface area contributed by atoms with Gasteiger partial charge < -0.3 is 18.9 Å². The maximum Gasteiger partial charge on any atom is 0.472 e. The van der Waals surface area contributed by atoms with Crippen molar-refractivity contribution >= 4 is 19.8 Å². The van der Waals surface area contributed by atoms with Gasteiger partial charge in [-0.25, -0.2) is 4.57 Å². The molecule has 0 bridgehead atoms. The number of rotatable bonds is 43. The minimum Gasteiger partial charge on any atom is -0.462 e. The van der Waals surface area contributed by atoms with Crippen LogP contribution in [0.5, 0.6) is 0 Å². The van der Waals surface area contributed by atoms with Gasteiger partial charge in [-0.05, 0) is 96.3 Å². The maximum absolute atomic E-state index is 12.7. The number of phosphoric acid groups is 1. The zero-order valence-electron chi connectivity index (χ0n) is 41.0. The molecule has 0 radical (unpaired) electrons. The predicted molar refractivity (Wildman–Crippen MR) is 270 cm³/mol. The monoisotopic (exact) mass is 913 g/mol. The van der Waals surface area contributed by atoms with E-state index in [1.807, 2.05) is 21.1 Å². The van der Waals surface area contributed by atoms with Crippen molar-refractivity contribution < 1.29 is 42.1 Å². The van der Waals surface area contributed by atoms with Crippen LogP contribution in [0.2, 0.25) is 0 Å². The summed E-state index contributed by atoms with van der Waals surface area (Å²) in [6, 6.07) is 0. The minimum absolute atomic E-state index is 0.00985. The van der Waals surface area contributed by atoms with E-state index in [1.54, 1.807) is 0 Å². The highest BCUT2D eigenvalue weighted by atomic mass is 31.2. The zero-order chi connectivity index (χ0) is 47.1. The third-order valence-electron chi connectivity index (χ3n) is 9.79. The Balaban J connectivity index is 4.47. The number of carbonyl (C=O) groups is 2. The van der Waals surface area contributed by atoms with Crippen LogP contribution in [-0.2, 0) is 32.7 Å². The lowest BCUT2D eigenvalue weighted by Gasteiger charge is -2.24. The lowest BCUT2D eigenvalue weighted by Crippen LogP contribution is -2.37. The molecule has 0 aliphatic carbocycles. The van der Waals surface area contributed by atoms with Crippen LogP contribution in [0.4, 0.5) is 0 Å². The van der Waals surface area contributed by atoms with Gasteiger partial charge in [-0.3, -0.25) is 18.6 Å². The number of phosphoric ester groups is 1. The van der Waals surface area contributed by atoms with Gasteiger partial charge in [-0.2, -0.15) is 0 Å². The fourth-order valence-corrected chi connectivity index (χ4v) is 6.71. The predicted octanol–water partition coefficient (Wildman–Crippen LogP) is 14.7. The van der Waals surface area contributed by atoms with E-state index in [9.17, 15) is 19.0 Å². The molecule has 0 heterocycles. The molecule has 0 rings (SSSR count). The van der Waals surface area contributed by atoms with Crippen molar-refractivity contribution in [3.05, 3.63) is 109 Å². The normalized spacial score (nSPS) is 14.4. The Hall–Kier alpha value is -3.33. The largest absolute Gasteiger partial charge is 0.472 e. The molecule has 0 aromatic heterocycles. The van der Waals surface area contributed by atoms with E-state index in [-0.39, 0.29) is 26.1 Å². The molecule has 1 unspecified atom stereocenters. The standard InChI is InChI=1S/C54H90NO8P/c1-6-8-10-12-14-16-18-20-22-24-26-27-29-30-32-34-36-38-40-42-44-46-53(56)60-50-52(51-62-64(58,59)61-49-48-55(3,4)5)63-54(57)47-45-43-41-39-37-35-33-31-28-25-23-21-19-17-15-13-11-9-7-2/h9,11,15,17,21-24,27-29,31-32,34-35,37-38,40,52H,6-8,10,12-14,16,18-20,25-26,30,33,36,39,41-51H2,1-5H3/p+1/b11-9+,17-15+,23-21+,24-22+,29-27+,31-28+,34-32+,37-35+,40-38+/t52-/m1/s1. The highest BCUT2D eigenvalue weighted by Gasteiger charge is 2.27. The average Bonchev–Trinajstić information content (AvgIpc) is 3.25. The summed E-state index contributed by atoms with van der Waals surface area (Å²) in [6.07, 6.45) is 61.5. The SMILES string of the molecule is CC/C=C/C/C=C/C/C=C/C/C=C/C/C=C/CCCCCC(=O)O[C@H](COC(=O)CCC/C=C/C/C=C/C/C=C/C/C=C/CCCCCCCCC)COP(=O)(O)OCC[N+](C)(C)C. The molecule has 0 aliphatic rings. The lowest BCUT2D eigenvalue weighted by atomic mass is 10.1. The second-order valence-corrected chi connectivity index (χ2v) is 18.6. The Morgan fingerprint density at radius 1 is 0.500 bits per heavy atom. The Morgan fingerprint density at radius 2 is 0.906 bits per heavy atom. The fourth-order valence-electron chi connectivity index (χ4n) is 5.97. The van der Waals surface area contributed by atoms with E-state index in [0.29, 0.717) is 23.9 Å². The second-order valence-electron chi connectivity index (χ2n) is 17.1. The summed E-state index contributed by atoms with van der Waals surface area (Å²) in [5.74, 6) is -0.912. The molecule has 10 heteroatoms. The number of esters is 2. The van der Waals surface area contributed by atoms with Gasteiger partial charge in [0.1, 0.15) is 19.8 Å². The molecule has 0 amide bonds. The van der Waals surface area contributed by atoms with Gasteiger partial charge in [0.25, 0.3) is 0 Å². The maximum atomic E-state index is 12.7. The number of unbranched alkanes of at least 4 members (excludes halogenated alkanes) is 11. The Morgan fingerprint density at radius 3 is 1.38 bits per heavy atom. The van der Waals surface area contributed by atoms with E-state index < -0.39 is 32.5 Å². The first kappa shape index (κ1) is 60.7. The Kier molecular flexibility index (Phi) is 42.5. The van der Waals surface area contributed by atoms with Crippen LogP contribution in [0.3, 0.4) is 0 Å². The zero-order valence-corrected chi connectivity index (χ0v) is 41.9. The first-order valence-electron chi connectivity index (χ1n) is 24.6. The van der Waals surface area contributed by atoms with Gasteiger partial charge in [0, 0.05) is 12.8 Å². The van der Waals surface area contributed by atoms with E-state index in [1.165, 1.54) is 51.4 Å². The van der Waals surface area contributed by atoms with Crippen molar-refractivity contribution in [3.8, 4) is 0 Å². The summed E-state index contributed by atoms with van der Waals surface area (Å²) in [5, 5.41) is 0. The van der Waals surface area contributed by atoms with Crippen LogP contribution in [0.15, 0.2) is 109 Å². The number of hydrogen-bond donors (Lipinski definition) is 1. The topological polar surface area (TPSA) is 108 Å². The molecule has 364 valence electrons. The number of hydrogen-bond acceptors (Lipinski definition) is 7. The van der Waals surface area contributed by atoms with Gasteiger partial charge in [0.05, 0.1) is 27.7 Å². The third-order valence-corrected chi connectivity index (χ3v) is 10.8. The summed E-state index contributed by atoms with van der Waals surface area (Å²) in [7, 11) is 1.41. The van der Waals surface area contributed by atoms with Gasteiger partial charge in [-0.15, -0.1) is 0 Å². The van der Waals surface area contributed by atoms with Crippen LogP contribution >= 0.6 is 7.82 Å². The Labute approximate surface area is 391 Å².